The van der Waals surface area contributed by atoms with E-state index in [1.807, 2.05) is 7.05 Å². The molecule has 1 atom stereocenters. The third-order valence-electron chi connectivity index (χ3n) is 3.94. The zero-order valence-corrected chi connectivity index (χ0v) is 13.8. The molecule has 0 spiro atoms. The largest absolute Gasteiger partial charge is 0.372 e. The molecule has 1 aliphatic heterocycles. The third-order valence-corrected chi connectivity index (χ3v) is 4.51. The predicted octanol–water partition coefficient (Wildman–Crippen LogP) is 3.35. The van der Waals surface area contributed by atoms with Crippen LogP contribution in [0, 0.1) is 0 Å². The van der Waals surface area contributed by atoms with Gasteiger partial charge in [0.2, 0.25) is 0 Å². The molecular formula is C14H22Cl2N4. The third kappa shape index (κ3) is 3.13. The van der Waals surface area contributed by atoms with Gasteiger partial charge in [-0.2, -0.15) is 0 Å². The van der Waals surface area contributed by atoms with Gasteiger partial charge in [0.15, 0.2) is 0 Å². The normalized spacial score (nSPS) is 18.9. The Morgan fingerprint density at radius 1 is 1.35 bits per heavy atom. The van der Waals surface area contributed by atoms with Gasteiger partial charge in [0.1, 0.15) is 11.6 Å². The average molecular weight is 317 g/mol. The summed E-state index contributed by atoms with van der Waals surface area (Å²) in [5.41, 5.74) is 0. The van der Waals surface area contributed by atoms with Crippen molar-refractivity contribution in [1.29, 1.82) is 0 Å². The number of hydrogen-bond donors (Lipinski definition) is 1. The number of anilines is 2. The molecule has 1 aromatic rings. The first-order valence-electron chi connectivity index (χ1n) is 7.13. The van der Waals surface area contributed by atoms with Crippen LogP contribution in [0.3, 0.4) is 0 Å². The predicted molar refractivity (Wildman–Crippen MR) is 87.3 cm³/mol. The zero-order chi connectivity index (χ0) is 14.7. The highest BCUT2D eigenvalue weighted by Crippen LogP contribution is 2.33. The monoisotopic (exact) mass is 316 g/mol. The van der Waals surface area contributed by atoms with E-state index in [-0.39, 0.29) is 0 Å². The van der Waals surface area contributed by atoms with Gasteiger partial charge >= 0.3 is 0 Å². The summed E-state index contributed by atoms with van der Waals surface area (Å²) in [6, 6.07) is 2.35. The highest BCUT2D eigenvalue weighted by molar-refractivity contribution is 6.37. The fourth-order valence-corrected chi connectivity index (χ4v) is 3.40. The van der Waals surface area contributed by atoms with Crippen LogP contribution in [0.4, 0.5) is 11.6 Å². The fraction of sp³-hybridized carbons (Fsp3) is 0.643. The number of likely N-dealkylation sites (N-methyl/N-ethyl adjacent to an activating group) is 1. The summed E-state index contributed by atoms with van der Waals surface area (Å²) in [5.74, 6) is 1.51. The maximum absolute atomic E-state index is 6.30. The summed E-state index contributed by atoms with van der Waals surface area (Å²) < 4.78 is 0. The highest BCUT2D eigenvalue weighted by atomic mass is 35.5. The van der Waals surface area contributed by atoms with E-state index >= 15 is 0 Å². The molecule has 1 saturated heterocycles. The van der Waals surface area contributed by atoms with E-state index in [2.05, 4.69) is 33.9 Å². The van der Waals surface area contributed by atoms with Crippen molar-refractivity contribution in [3.63, 3.8) is 0 Å². The Balaban J connectivity index is 2.17. The Bertz CT molecular complexity index is 463. The Morgan fingerprint density at radius 3 is 2.65 bits per heavy atom. The second-order valence-corrected chi connectivity index (χ2v) is 5.80. The van der Waals surface area contributed by atoms with E-state index in [0.717, 1.165) is 38.4 Å². The van der Waals surface area contributed by atoms with Gasteiger partial charge in [-0.1, -0.05) is 37.0 Å². The molecule has 2 rings (SSSR count). The lowest BCUT2D eigenvalue weighted by atomic mass is 10.2. The molecule has 2 heterocycles. The van der Waals surface area contributed by atoms with Crippen LogP contribution in [0.25, 0.3) is 0 Å². The Hall–Kier alpha value is -0.710. The topological polar surface area (TPSA) is 31.4 Å². The molecule has 20 heavy (non-hydrogen) atoms. The molecule has 112 valence electrons. The van der Waals surface area contributed by atoms with Crippen LogP contribution in [0.2, 0.25) is 10.0 Å². The van der Waals surface area contributed by atoms with Crippen LogP contribution in [-0.4, -0.2) is 49.2 Å². The summed E-state index contributed by atoms with van der Waals surface area (Å²) in [4.78, 5) is 9.29. The van der Waals surface area contributed by atoms with Gasteiger partial charge in [-0.05, 0) is 25.6 Å². The van der Waals surface area contributed by atoms with Crippen LogP contribution in [0.15, 0.2) is 6.07 Å². The van der Waals surface area contributed by atoms with Crippen molar-refractivity contribution in [3.8, 4) is 0 Å². The quantitative estimate of drug-likeness (QED) is 0.902. The van der Waals surface area contributed by atoms with Gasteiger partial charge in [0, 0.05) is 26.2 Å². The van der Waals surface area contributed by atoms with Gasteiger partial charge in [0.25, 0.3) is 0 Å². The van der Waals surface area contributed by atoms with Crippen molar-refractivity contribution in [1.82, 2.24) is 9.88 Å². The van der Waals surface area contributed by atoms with E-state index in [1.165, 1.54) is 0 Å². The van der Waals surface area contributed by atoms with Crippen LogP contribution in [0.1, 0.15) is 20.3 Å². The van der Waals surface area contributed by atoms with Gasteiger partial charge in [-0.25, -0.2) is 4.98 Å². The summed E-state index contributed by atoms with van der Waals surface area (Å²) in [5, 5.41) is 4.18. The summed E-state index contributed by atoms with van der Waals surface area (Å²) >= 11 is 12.4. The standard InChI is InChI=1S/C14H22Cl2N4/c1-4-19(5-2)10-6-7-20(9-10)14-12(16)8-11(15)13(17-3)18-14/h8,10H,4-7,9H2,1-3H3,(H,17,18). The van der Waals surface area contributed by atoms with Gasteiger partial charge in [0.05, 0.1) is 10.0 Å². The van der Waals surface area contributed by atoms with Gasteiger partial charge in [-0.15, -0.1) is 0 Å². The molecule has 1 fully saturated rings. The van der Waals surface area contributed by atoms with Crippen molar-refractivity contribution in [2.45, 2.75) is 26.3 Å². The molecule has 0 saturated carbocycles. The van der Waals surface area contributed by atoms with Crippen molar-refractivity contribution < 1.29 is 0 Å². The molecule has 1 aromatic heterocycles. The van der Waals surface area contributed by atoms with Crippen LogP contribution >= 0.6 is 23.2 Å². The summed E-state index contributed by atoms with van der Waals surface area (Å²) in [7, 11) is 1.81. The Labute approximate surface area is 131 Å². The molecule has 1 unspecified atom stereocenters. The second kappa shape index (κ2) is 6.83. The lowest BCUT2D eigenvalue weighted by Gasteiger charge is -2.26. The second-order valence-electron chi connectivity index (χ2n) is 4.98. The molecule has 4 nitrogen and oxygen atoms in total. The van der Waals surface area contributed by atoms with Crippen LogP contribution in [-0.2, 0) is 0 Å². The summed E-state index contributed by atoms with van der Waals surface area (Å²) in [6.45, 7) is 8.53. The minimum atomic E-state index is 0.556. The van der Waals surface area contributed by atoms with Crippen molar-refractivity contribution in [2.24, 2.45) is 0 Å². The van der Waals surface area contributed by atoms with Crippen molar-refractivity contribution in [2.75, 3.05) is 43.4 Å². The van der Waals surface area contributed by atoms with Crippen LogP contribution in [0.5, 0.6) is 0 Å². The fourth-order valence-electron chi connectivity index (χ4n) is 2.83. The van der Waals surface area contributed by atoms with E-state index in [9.17, 15) is 0 Å². The van der Waals surface area contributed by atoms with E-state index in [0.29, 0.717) is 21.9 Å². The molecule has 0 aromatic carbocycles. The first kappa shape index (κ1) is 15.7. The number of nitrogens with zero attached hydrogens (tertiary/aromatic N) is 3. The maximum atomic E-state index is 6.30. The molecule has 0 aliphatic carbocycles. The molecule has 1 aliphatic rings. The summed E-state index contributed by atoms with van der Waals surface area (Å²) in [6.07, 6.45) is 1.15. The Morgan fingerprint density at radius 2 is 2.05 bits per heavy atom. The Kier molecular flexibility index (Phi) is 5.35. The van der Waals surface area contributed by atoms with E-state index in [4.69, 9.17) is 23.2 Å². The molecule has 0 amide bonds. The maximum Gasteiger partial charge on any atom is 0.150 e. The number of halogens is 2. The van der Waals surface area contributed by atoms with Gasteiger partial charge in [-0.3, -0.25) is 4.90 Å². The molecular weight excluding hydrogens is 295 g/mol. The van der Waals surface area contributed by atoms with Gasteiger partial charge < -0.3 is 10.2 Å². The minimum absolute atomic E-state index is 0.556. The number of hydrogen-bond acceptors (Lipinski definition) is 4. The zero-order valence-electron chi connectivity index (χ0n) is 12.3. The SMILES string of the molecule is CCN(CC)C1CCN(c2nc(NC)c(Cl)cc2Cl)C1. The average Bonchev–Trinajstić information content (AvgIpc) is 2.90. The van der Waals surface area contributed by atoms with Crippen molar-refractivity contribution in [3.05, 3.63) is 16.1 Å². The molecule has 0 bridgehead atoms. The van der Waals surface area contributed by atoms with E-state index in [1.54, 1.807) is 6.07 Å². The number of pyridine rings is 1. The van der Waals surface area contributed by atoms with E-state index < -0.39 is 0 Å². The smallest absolute Gasteiger partial charge is 0.150 e. The first-order chi connectivity index (χ1) is 9.60. The van der Waals surface area contributed by atoms with Crippen molar-refractivity contribution >= 4 is 34.8 Å². The molecule has 1 N–H and O–H groups in total. The molecule has 0 radical (unpaired) electrons. The number of rotatable bonds is 5. The number of aromatic nitrogens is 1. The number of nitrogens with one attached hydrogen (secondary N) is 1. The lowest BCUT2D eigenvalue weighted by Crippen LogP contribution is -2.37. The highest BCUT2D eigenvalue weighted by Gasteiger charge is 2.28. The van der Waals surface area contributed by atoms with Crippen LogP contribution < -0.4 is 10.2 Å². The molecule has 6 heteroatoms. The first-order valence-corrected chi connectivity index (χ1v) is 7.89. The lowest BCUT2D eigenvalue weighted by molar-refractivity contribution is 0.232. The minimum Gasteiger partial charge on any atom is -0.372 e.